The van der Waals surface area contributed by atoms with Crippen LogP contribution in [0.2, 0.25) is 0 Å². The quantitative estimate of drug-likeness (QED) is 0.684. The van der Waals surface area contributed by atoms with Gasteiger partial charge in [0.05, 0.1) is 21.3 Å². The molecule has 7 nitrogen and oxygen atoms in total. The molecule has 0 heterocycles. The van der Waals surface area contributed by atoms with Gasteiger partial charge in [-0.15, -0.1) is 0 Å². The lowest BCUT2D eigenvalue weighted by atomic mass is 9.84. The van der Waals surface area contributed by atoms with Crippen molar-refractivity contribution in [3.63, 3.8) is 0 Å². The number of hydrogen-bond acceptors (Lipinski definition) is 6. The third-order valence-corrected chi connectivity index (χ3v) is 5.16. The molecule has 3 N–H and O–H groups in total. The fourth-order valence-electron chi connectivity index (χ4n) is 3.77. The zero-order valence-corrected chi connectivity index (χ0v) is 16.7. The first-order chi connectivity index (χ1) is 13.0. The van der Waals surface area contributed by atoms with E-state index < -0.39 is 6.10 Å². The van der Waals surface area contributed by atoms with Crippen molar-refractivity contribution in [2.75, 3.05) is 33.8 Å². The molecule has 1 aromatic rings. The molecular weight excluding hydrogens is 348 g/mol. The van der Waals surface area contributed by atoms with Gasteiger partial charge in [-0.25, -0.2) is 0 Å². The molecule has 1 amide bonds. The number of anilines is 1. The summed E-state index contributed by atoms with van der Waals surface area (Å²) in [5, 5.41) is 2.85. The van der Waals surface area contributed by atoms with Gasteiger partial charge in [-0.05, 0) is 12.3 Å². The smallest absolute Gasteiger partial charge is 0.255 e. The normalized spacial score (nSPS) is 17.1. The number of carbonyl (C=O) groups is 1. The first-order valence-corrected chi connectivity index (χ1v) is 9.43. The van der Waals surface area contributed by atoms with Crippen LogP contribution in [0.1, 0.15) is 38.5 Å². The Hall–Kier alpha value is -1.99. The van der Waals surface area contributed by atoms with E-state index in [1.807, 2.05) is 0 Å². The molecule has 152 valence electrons. The van der Waals surface area contributed by atoms with Gasteiger partial charge in [0.1, 0.15) is 0 Å². The molecule has 0 saturated heterocycles. The van der Waals surface area contributed by atoms with Crippen LogP contribution < -0.4 is 25.3 Å². The van der Waals surface area contributed by atoms with Crippen molar-refractivity contribution < 1.29 is 23.7 Å². The van der Waals surface area contributed by atoms with Crippen LogP contribution in [-0.4, -0.2) is 46.5 Å². The van der Waals surface area contributed by atoms with E-state index in [9.17, 15) is 4.79 Å². The van der Waals surface area contributed by atoms with Gasteiger partial charge in [0.2, 0.25) is 5.75 Å². The van der Waals surface area contributed by atoms with Gasteiger partial charge >= 0.3 is 0 Å². The molecule has 1 aliphatic carbocycles. The summed E-state index contributed by atoms with van der Waals surface area (Å²) in [4.78, 5) is 12.8. The molecule has 0 aromatic heterocycles. The van der Waals surface area contributed by atoms with E-state index in [0.29, 0.717) is 28.9 Å². The molecule has 1 fully saturated rings. The predicted molar refractivity (Wildman–Crippen MR) is 105 cm³/mol. The van der Waals surface area contributed by atoms with Gasteiger partial charge < -0.3 is 30.0 Å². The minimum atomic E-state index is -0.717. The highest BCUT2D eigenvalue weighted by molar-refractivity contribution is 5.95. The standard InChI is InChI=1S/C20H32N2O5/c1-24-16-11-14(12-17(25-2)19(16)27-4)22-20(23)18(26-3)15(21)10-13-8-6-5-7-9-13/h11-13,15,18H,5-10,21H2,1-4H3,(H,22,23). The maximum atomic E-state index is 12.8. The number of nitrogens with one attached hydrogen (secondary N) is 1. The highest BCUT2D eigenvalue weighted by atomic mass is 16.5. The number of rotatable bonds is 9. The molecular formula is C20H32N2O5. The Kier molecular flexibility index (Phi) is 8.19. The maximum absolute atomic E-state index is 12.8. The maximum Gasteiger partial charge on any atom is 0.255 e. The van der Waals surface area contributed by atoms with Gasteiger partial charge in [0.15, 0.2) is 17.6 Å². The molecule has 7 heteroatoms. The Bertz CT molecular complexity index is 591. The van der Waals surface area contributed by atoms with E-state index in [1.165, 1.54) is 60.5 Å². The van der Waals surface area contributed by atoms with Crippen molar-refractivity contribution in [2.24, 2.45) is 11.7 Å². The Morgan fingerprint density at radius 1 is 1.07 bits per heavy atom. The fourth-order valence-corrected chi connectivity index (χ4v) is 3.77. The summed E-state index contributed by atoms with van der Waals surface area (Å²) in [5.41, 5.74) is 6.85. The van der Waals surface area contributed by atoms with Crippen molar-refractivity contribution in [1.82, 2.24) is 0 Å². The molecule has 1 aromatic carbocycles. The molecule has 2 unspecified atom stereocenters. The number of amides is 1. The number of carbonyl (C=O) groups excluding carboxylic acids is 1. The van der Waals surface area contributed by atoms with Crippen molar-refractivity contribution >= 4 is 11.6 Å². The van der Waals surface area contributed by atoms with E-state index in [-0.39, 0.29) is 11.9 Å². The summed E-state index contributed by atoms with van der Waals surface area (Å²) in [6, 6.07) is 3.01. The highest BCUT2D eigenvalue weighted by Gasteiger charge is 2.29. The zero-order valence-electron chi connectivity index (χ0n) is 16.7. The minimum Gasteiger partial charge on any atom is -0.493 e. The molecule has 0 spiro atoms. The van der Waals surface area contributed by atoms with Crippen LogP contribution in [-0.2, 0) is 9.53 Å². The lowest BCUT2D eigenvalue weighted by Crippen LogP contribution is -2.45. The molecule has 2 rings (SSSR count). The van der Waals surface area contributed by atoms with Gasteiger partial charge in [-0.2, -0.15) is 0 Å². The summed E-state index contributed by atoms with van der Waals surface area (Å²) in [6.07, 6.45) is 6.21. The molecule has 27 heavy (non-hydrogen) atoms. The van der Waals surface area contributed by atoms with E-state index in [1.54, 1.807) is 12.1 Å². The summed E-state index contributed by atoms with van der Waals surface area (Å²) in [5.74, 6) is 1.69. The number of benzene rings is 1. The van der Waals surface area contributed by atoms with E-state index in [2.05, 4.69) is 5.32 Å². The minimum absolute atomic E-state index is 0.282. The number of nitrogens with two attached hydrogens (primary N) is 1. The molecule has 1 aliphatic rings. The Balaban J connectivity index is 2.08. The van der Waals surface area contributed by atoms with E-state index in [4.69, 9.17) is 24.7 Å². The van der Waals surface area contributed by atoms with Crippen molar-refractivity contribution in [1.29, 1.82) is 0 Å². The first-order valence-electron chi connectivity index (χ1n) is 9.43. The highest BCUT2D eigenvalue weighted by Crippen LogP contribution is 2.40. The Morgan fingerprint density at radius 3 is 2.15 bits per heavy atom. The second kappa shape index (κ2) is 10.4. The molecule has 2 atom stereocenters. The second-order valence-corrected chi connectivity index (χ2v) is 6.96. The Labute approximate surface area is 161 Å². The summed E-state index contributed by atoms with van der Waals surface area (Å²) in [7, 11) is 6.10. The number of methoxy groups -OCH3 is 4. The monoisotopic (exact) mass is 380 g/mol. The topological polar surface area (TPSA) is 92.0 Å². The molecule has 1 saturated carbocycles. The third kappa shape index (κ3) is 5.49. The largest absolute Gasteiger partial charge is 0.493 e. The Morgan fingerprint density at radius 2 is 1.67 bits per heavy atom. The SMILES string of the molecule is COc1cc(NC(=O)C(OC)C(N)CC2CCCCC2)cc(OC)c1OC. The lowest BCUT2D eigenvalue weighted by Gasteiger charge is -2.28. The number of hydrogen-bond donors (Lipinski definition) is 2. The van der Waals surface area contributed by atoms with Gasteiger partial charge in [0, 0.05) is 31.0 Å². The second-order valence-electron chi connectivity index (χ2n) is 6.96. The van der Waals surface area contributed by atoms with Crippen LogP contribution in [0.4, 0.5) is 5.69 Å². The van der Waals surface area contributed by atoms with Crippen molar-refractivity contribution in [2.45, 2.75) is 50.7 Å². The summed E-state index contributed by atoms with van der Waals surface area (Å²) >= 11 is 0. The first kappa shape index (κ1) is 21.3. The molecule has 0 aliphatic heterocycles. The van der Waals surface area contributed by atoms with Crippen molar-refractivity contribution in [3.8, 4) is 17.2 Å². The average Bonchev–Trinajstić information content (AvgIpc) is 2.68. The predicted octanol–water partition coefficient (Wildman–Crippen LogP) is 2.96. The van der Waals surface area contributed by atoms with Gasteiger partial charge in [-0.3, -0.25) is 4.79 Å². The van der Waals surface area contributed by atoms with Crippen LogP contribution in [0.25, 0.3) is 0 Å². The van der Waals surface area contributed by atoms with Crippen LogP contribution in [0.15, 0.2) is 12.1 Å². The molecule has 0 bridgehead atoms. The van der Waals surface area contributed by atoms with Crippen molar-refractivity contribution in [3.05, 3.63) is 12.1 Å². The van der Waals surface area contributed by atoms with E-state index in [0.717, 1.165) is 6.42 Å². The number of ether oxygens (including phenoxy) is 4. The van der Waals surface area contributed by atoms with Crippen LogP contribution in [0.3, 0.4) is 0 Å². The van der Waals surface area contributed by atoms with Gasteiger partial charge in [0.25, 0.3) is 5.91 Å². The van der Waals surface area contributed by atoms with Crippen LogP contribution in [0.5, 0.6) is 17.2 Å². The fraction of sp³-hybridized carbons (Fsp3) is 0.650. The summed E-state index contributed by atoms with van der Waals surface area (Å²) in [6.45, 7) is 0. The zero-order chi connectivity index (χ0) is 19.8. The van der Waals surface area contributed by atoms with Crippen LogP contribution in [0, 0.1) is 5.92 Å². The molecule has 0 radical (unpaired) electrons. The summed E-state index contributed by atoms with van der Waals surface area (Å²) < 4.78 is 21.4. The third-order valence-electron chi connectivity index (χ3n) is 5.16. The lowest BCUT2D eigenvalue weighted by molar-refractivity contribution is -0.127. The van der Waals surface area contributed by atoms with E-state index >= 15 is 0 Å². The average molecular weight is 380 g/mol. The van der Waals surface area contributed by atoms with Crippen LogP contribution >= 0.6 is 0 Å². The van der Waals surface area contributed by atoms with Gasteiger partial charge in [-0.1, -0.05) is 32.1 Å².